The third-order valence-electron chi connectivity index (χ3n) is 3.63. The number of carbonyl (C=O) groups is 1. The first kappa shape index (κ1) is 11.0. The molecular formula is C11H21N3O. The van der Waals surface area contributed by atoms with E-state index in [4.69, 9.17) is 0 Å². The van der Waals surface area contributed by atoms with E-state index in [-0.39, 0.29) is 0 Å². The first-order valence-electron chi connectivity index (χ1n) is 5.88. The minimum Gasteiger partial charge on any atom is -0.304 e. The molecule has 1 unspecified atom stereocenters. The Morgan fingerprint density at radius 1 is 1.20 bits per heavy atom. The van der Waals surface area contributed by atoms with Crippen molar-refractivity contribution in [3.05, 3.63) is 0 Å². The van der Waals surface area contributed by atoms with E-state index < -0.39 is 0 Å². The highest BCUT2D eigenvalue weighted by atomic mass is 16.1. The molecule has 2 rings (SSSR count). The smallest absolute Gasteiger partial charge is 0.133 e. The van der Waals surface area contributed by atoms with Gasteiger partial charge in [-0.05, 0) is 13.5 Å². The van der Waals surface area contributed by atoms with Crippen LogP contribution >= 0.6 is 0 Å². The summed E-state index contributed by atoms with van der Waals surface area (Å²) in [6, 6.07) is 0.693. The quantitative estimate of drug-likeness (QED) is 0.589. The fourth-order valence-corrected chi connectivity index (χ4v) is 2.57. The maximum Gasteiger partial charge on any atom is 0.133 e. The van der Waals surface area contributed by atoms with Gasteiger partial charge in [0, 0.05) is 45.3 Å². The molecule has 0 amide bonds. The SMILES string of the molecule is CN1CCN(C2CCN(CC=O)C2)CC1. The number of nitrogens with zero attached hydrogens (tertiary/aromatic N) is 3. The zero-order chi connectivity index (χ0) is 10.7. The first-order valence-corrected chi connectivity index (χ1v) is 5.88. The van der Waals surface area contributed by atoms with E-state index in [1.165, 1.54) is 32.6 Å². The molecule has 15 heavy (non-hydrogen) atoms. The summed E-state index contributed by atoms with van der Waals surface area (Å²) in [7, 11) is 2.19. The molecule has 2 fully saturated rings. The Balaban J connectivity index is 1.78. The minimum atomic E-state index is 0.615. The molecule has 0 radical (unpaired) electrons. The van der Waals surface area contributed by atoms with Gasteiger partial charge in [0.05, 0.1) is 6.54 Å². The second kappa shape index (κ2) is 5.05. The first-order chi connectivity index (χ1) is 7.29. The van der Waals surface area contributed by atoms with E-state index >= 15 is 0 Å². The summed E-state index contributed by atoms with van der Waals surface area (Å²) < 4.78 is 0. The lowest BCUT2D eigenvalue weighted by atomic mass is 10.2. The Kier molecular flexibility index (Phi) is 3.72. The largest absolute Gasteiger partial charge is 0.304 e. The lowest BCUT2D eigenvalue weighted by molar-refractivity contribution is -0.108. The molecule has 0 spiro atoms. The molecule has 2 aliphatic heterocycles. The van der Waals surface area contributed by atoms with E-state index in [1.807, 2.05) is 0 Å². The van der Waals surface area contributed by atoms with E-state index in [2.05, 4.69) is 21.7 Å². The van der Waals surface area contributed by atoms with Crippen molar-refractivity contribution in [2.45, 2.75) is 12.5 Å². The molecule has 4 heteroatoms. The van der Waals surface area contributed by atoms with Crippen LogP contribution in [0.2, 0.25) is 0 Å². The van der Waals surface area contributed by atoms with Crippen molar-refractivity contribution in [2.75, 3.05) is 52.9 Å². The average Bonchev–Trinajstić information content (AvgIpc) is 2.68. The molecule has 4 nitrogen and oxygen atoms in total. The van der Waals surface area contributed by atoms with Crippen LogP contribution in [0.5, 0.6) is 0 Å². The highest BCUT2D eigenvalue weighted by molar-refractivity contribution is 5.52. The number of likely N-dealkylation sites (tertiary alicyclic amines) is 1. The van der Waals surface area contributed by atoms with Crippen LogP contribution < -0.4 is 0 Å². The zero-order valence-corrected chi connectivity index (χ0v) is 9.56. The third kappa shape index (κ3) is 2.77. The average molecular weight is 211 g/mol. The van der Waals surface area contributed by atoms with Crippen LogP contribution in [-0.2, 0) is 4.79 Å². The topological polar surface area (TPSA) is 26.8 Å². The monoisotopic (exact) mass is 211 g/mol. The number of hydrogen-bond donors (Lipinski definition) is 0. The van der Waals surface area contributed by atoms with E-state index in [9.17, 15) is 4.79 Å². The molecular weight excluding hydrogens is 190 g/mol. The van der Waals surface area contributed by atoms with Gasteiger partial charge in [0.2, 0.25) is 0 Å². The van der Waals surface area contributed by atoms with Crippen molar-refractivity contribution in [3.8, 4) is 0 Å². The maximum absolute atomic E-state index is 10.4. The number of hydrogen-bond acceptors (Lipinski definition) is 4. The van der Waals surface area contributed by atoms with Crippen LogP contribution in [0, 0.1) is 0 Å². The molecule has 2 heterocycles. The third-order valence-corrected chi connectivity index (χ3v) is 3.63. The summed E-state index contributed by atoms with van der Waals surface area (Å²) in [6.45, 7) is 7.54. The van der Waals surface area contributed by atoms with Crippen molar-refractivity contribution in [1.29, 1.82) is 0 Å². The van der Waals surface area contributed by atoms with E-state index in [0.29, 0.717) is 12.6 Å². The molecule has 0 aromatic carbocycles. The summed E-state index contributed by atoms with van der Waals surface area (Å²) in [5, 5.41) is 0. The van der Waals surface area contributed by atoms with Gasteiger partial charge in [-0.3, -0.25) is 9.80 Å². The van der Waals surface area contributed by atoms with Crippen molar-refractivity contribution < 1.29 is 4.79 Å². The molecule has 0 aromatic heterocycles. The van der Waals surface area contributed by atoms with Gasteiger partial charge in [-0.25, -0.2) is 0 Å². The second-order valence-corrected chi connectivity index (χ2v) is 4.71. The van der Waals surface area contributed by atoms with Crippen molar-refractivity contribution in [1.82, 2.24) is 14.7 Å². The second-order valence-electron chi connectivity index (χ2n) is 4.71. The van der Waals surface area contributed by atoms with Gasteiger partial charge in [0.1, 0.15) is 6.29 Å². The molecule has 86 valence electrons. The van der Waals surface area contributed by atoms with Gasteiger partial charge in [-0.2, -0.15) is 0 Å². The van der Waals surface area contributed by atoms with Crippen LogP contribution in [0.4, 0.5) is 0 Å². The van der Waals surface area contributed by atoms with Crippen molar-refractivity contribution in [3.63, 3.8) is 0 Å². The van der Waals surface area contributed by atoms with Gasteiger partial charge in [-0.1, -0.05) is 0 Å². The number of aldehydes is 1. The Bertz CT molecular complexity index is 214. The van der Waals surface area contributed by atoms with Crippen LogP contribution in [0.15, 0.2) is 0 Å². The van der Waals surface area contributed by atoms with Crippen LogP contribution in [0.1, 0.15) is 6.42 Å². The van der Waals surface area contributed by atoms with Gasteiger partial charge >= 0.3 is 0 Å². The lowest BCUT2D eigenvalue weighted by Gasteiger charge is -2.36. The molecule has 0 aliphatic carbocycles. The van der Waals surface area contributed by atoms with Crippen molar-refractivity contribution in [2.24, 2.45) is 0 Å². The highest BCUT2D eigenvalue weighted by Gasteiger charge is 2.28. The molecule has 1 atom stereocenters. The van der Waals surface area contributed by atoms with Crippen LogP contribution in [0.3, 0.4) is 0 Å². The summed E-state index contributed by atoms with van der Waals surface area (Å²) in [5.41, 5.74) is 0. The van der Waals surface area contributed by atoms with Gasteiger partial charge in [0.25, 0.3) is 0 Å². The summed E-state index contributed by atoms with van der Waals surface area (Å²) >= 11 is 0. The van der Waals surface area contributed by atoms with E-state index in [1.54, 1.807) is 0 Å². The molecule has 0 aromatic rings. The number of piperazine rings is 1. The van der Waals surface area contributed by atoms with Crippen molar-refractivity contribution >= 4 is 6.29 Å². The molecule has 0 bridgehead atoms. The Labute approximate surface area is 91.8 Å². The summed E-state index contributed by atoms with van der Waals surface area (Å²) in [4.78, 5) is 17.7. The fraction of sp³-hybridized carbons (Fsp3) is 0.909. The molecule has 2 aliphatic rings. The lowest BCUT2D eigenvalue weighted by Crippen LogP contribution is -2.49. The maximum atomic E-state index is 10.4. The van der Waals surface area contributed by atoms with Crippen LogP contribution in [-0.4, -0.2) is 79.9 Å². The van der Waals surface area contributed by atoms with Gasteiger partial charge < -0.3 is 9.69 Å². The predicted octanol–water partition coefficient (Wildman–Crippen LogP) is -0.493. The summed E-state index contributed by atoms with van der Waals surface area (Å²) in [5.74, 6) is 0. The number of rotatable bonds is 3. The Hall–Kier alpha value is -0.450. The minimum absolute atomic E-state index is 0.615. The van der Waals surface area contributed by atoms with E-state index in [0.717, 1.165) is 19.4 Å². The predicted molar refractivity (Wildman–Crippen MR) is 60.0 cm³/mol. The molecule has 0 N–H and O–H groups in total. The molecule has 0 saturated carbocycles. The normalized spacial score (nSPS) is 30.9. The zero-order valence-electron chi connectivity index (χ0n) is 9.56. The Morgan fingerprint density at radius 3 is 2.60 bits per heavy atom. The Morgan fingerprint density at radius 2 is 1.93 bits per heavy atom. The molecule has 2 saturated heterocycles. The van der Waals surface area contributed by atoms with Gasteiger partial charge in [0.15, 0.2) is 0 Å². The van der Waals surface area contributed by atoms with Crippen LogP contribution in [0.25, 0.3) is 0 Å². The fourth-order valence-electron chi connectivity index (χ4n) is 2.57. The number of carbonyl (C=O) groups excluding carboxylic acids is 1. The van der Waals surface area contributed by atoms with Gasteiger partial charge in [-0.15, -0.1) is 0 Å². The highest BCUT2D eigenvalue weighted by Crippen LogP contribution is 2.16. The standard InChI is InChI=1S/C11H21N3O/c1-12-4-6-14(7-5-12)11-2-3-13(10-11)8-9-15/h9,11H,2-8,10H2,1H3. The summed E-state index contributed by atoms with van der Waals surface area (Å²) in [6.07, 6.45) is 2.25. The number of likely N-dealkylation sites (N-methyl/N-ethyl adjacent to an activating group) is 1.